The molecule has 3 aliphatic rings. The Morgan fingerprint density at radius 2 is 1.84 bits per heavy atom. The SMILES string of the molecule is CNc1nc2c(c(=O)n1C(c1ccc(C)cc1)C1CCC1)CCN(C(=O)CCCC1CCC(C)CC1)C2. The summed E-state index contributed by atoms with van der Waals surface area (Å²) in [5.74, 6) is 2.93. The molecule has 0 spiro atoms. The van der Waals surface area contributed by atoms with Crippen LogP contribution in [0.1, 0.15) is 99.6 Å². The zero-order valence-electron chi connectivity index (χ0n) is 23.0. The maximum absolute atomic E-state index is 13.9. The van der Waals surface area contributed by atoms with Crippen LogP contribution in [0.25, 0.3) is 0 Å². The van der Waals surface area contributed by atoms with E-state index in [-0.39, 0.29) is 17.5 Å². The third-order valence-corrected chi connectivity index (χ3v) is 9.27. The summed E-state index contributed by atoms with van der Waals surface area (Å²) in [6.07, 6.45) is 12.1. The average molecular weight is 505 g/mol. The lowest BCUT2D eigenvalue weighted by Gasteiger charge is -2.37. The molecule has 1 amide bonds. The summed E-state index contributed by atoms with van der Waals surface area (Å²) in [5, 5.41) is 3.22. The van der Waals surface area contributed by atoms with E-state index < -0.39 is 0 Å². The van der Waals surface area contributed by atoms with Crippen LogP contribution in [0.5, 0.6) is 0 Å². The first-order valence-corrected chi connectivity index (χ1v) is 14.6. The van der Waals surface area contributed by atoms with Gasteiger partial charge in [0.05, 0.1) is 18.3 Å². The monoisotopic (exact) mass is 504 g/mol. The summed E-state index contributed by atoms with van der Waals surface area (Å²) in [5.41, 5.74) is 4.01. The maximum Gasteiger partial charge on any atom is 0.259 e. The minimum absolute atomic E-state index is 0.00969. The van der Waals surface area contributed by atoms with Crippen LogP contribution >= 0.6 is 0 Å². The second-order valence-corrected chi connectivity index (χ2v) is 11.9. The topological polar surface area (TPSA) is 67.2 Å². The zero-order chi connectivity index (χ0) is 25.9. The lowest BCUT2D eigenvalue weighted by atomic mass is 9.77. The Hall–Kier alpha value is -2.63. The molecule has 2 aliphatic carbocycles. The quantitative estimate of drug-likeness (QED) is 0.489. The fraction of sp³-hybridized carbons (Fsp3) is 0.645. The highest BCUT2D eigenvalue weighted by molar-refractivity contribution is 5.76. The van der Waals surface area contributed by atoms with Crippen LogP contribution in [0.15, 0.2) is 29.1 Å². The highest BCUT2D eigenvalue weighted by Gasteiger charge is 2.34. The molecular weight excluding hydrogens is 460 g/mol. The molecule has 0 bridgehead atoms. The van der Waals surface area contributed by atoms with Gasteiger partial charge in [-0.2, -0.15) is 0 Å². The van der Waals surface area contributed by atoms with Gasteiger partial charge in [-0.3, -0.25) is 14.2 Å². The number of carbonyl (C=O) groups is 1. The summed E-state index contributed by atoms with van der Waals surface area (Å²) < 4.78 is 1.91. The fourth-order valence-electron chi connectivity index (χ4n) is 6.62. The zero-order valence-corrected chi connectivity index (χ0v) is 23.0. The number of fused-ring (bicyclic) bond motifs is 1. The molecule has 1 aliphatic heterocycles. The van der Waals surface area contributed by atoms with Crippen LogP contribution < -0.4 is 10.9 Å². The minimum Gasteiger partial charge on any atom is -0.359 e. The standard InChI is InChI=1S/C31H44N4O2/c1-21-10-14-23(15-11-21)6-4-9-28(36)34-19-18-26-27(20-34)33-31(32-3)35(30(26)37)29(24-7-5-8-24)25-16-12-22(2)13-17-25/h12-13,16-17,21,23-24,29H,4-11,14-15,18-20H2,1-3H3,(H,32,33). The van der Waals surface area contributed by atoms with Gasteiger partial charge >= 0.3 is 0 Å². The van der Waals surface area contributed by atoms with E-state index in [4.69, 9.17) is 4.98 Å². The first kappa shape index (κ1) is 26.0. The van der Waals surface area contributed by atoms with Gasteiger partial charge in [-0.05, 0) is 62.3 Å². The van der Waals surface area contributed by atoms with Crippen molar-refractivity contribution in [2.45, 2.75) is 97.1 Å². The molecule has 6 heteroatoms. The van der Waals surface area contributed by atoms with Gasteiger partial charge in [0.1, 0.15) is 0 Å². The van der Waals surface area contributed by atoms with Gasteiger partial charge in [0.2, 0.25) is 11.9 Å². The Bertz CT molecular complexity index is 1140. The van der Waals surface area contributed by atoms with E-state index in [1.165, 1.54) is 43.2 Å². The maximum atomic E-state index is 13.9. The number of amides is 1. The van der Waals surface area contributed by atoms with E-state index in [1.807, 2.05) is 16.5 Å². The second-order valence-electron chi connectivity index (χ2n) is 11.9. The van der Waals surface area contributed by atoms with E-state index >= 15 is 0 Å². The van der Waals surface area contributed by atoms with Crippen molar-refractivity contribution in [2.75, 3.05) is 18.9 Å². The van der Waals surface area contributed by atoms with Crippen molar-refractivity contribution in [3.63, 3.8) is 0 Å². The highest BCUT2D eigenvalue weighted by atomic mass is 16.2. The lowest BCUT2D eigenvalue weighted by Crippen LogP contribution is -2.43. The van der Waals surface area contributed by atoms with Gasteiger partial charge in [0.25, 0.3) is 5.56 Å². The van der Waals surface area contributed by atoms with Gasteiger partial charge in [-0.25, -0.2) is 4.98 Å². The van der Waals surface area contributed by atoms with Gasteiger partial charge in [0, 0.05) is 25.6 Å². The summed E-state index contributed by atoms with van der Waals surface area (Å²) >= 11 is 0. The molecule has 2 heterocycles. The van der Waals surface area contributed by atoms with Crippen molar-refractivity contribution in [2.24, 2.45) is 17.8 Å². The predicted molar refractivity (Wildman–Crippen MR) is 149 cm³/mol. The van der Waals surface area contributed by atoms with Crippen molar-refractivity contribution in [1.29, 1.82) is 0 Å². The molecule has 5 rings (SSSR count). The van der Waals surface area contributed by atoms with Crippen LogP contribution in [-0.2, 0) is 17.8 Å². The molecule has 2 fully saturated rings. The Kier molecular flexibility index (Phi) is 8.01. The Morgan fingerprint density at radius 3 is 2.49 bits per heavy atom. The molecule has 2 aromatic rings. The number of aromatic nitrogens is 2. The van der Waals surface area contributed by atoms with Gasteiger partial charge < -0.3 is 10.2 Å². The molecule has 37 heavy (non-hydrogen) atoms. The van der Waals surface area contributed by atoms with Crippen molar-refractivity contribution in [3.8, 4) is 0 Å². The number of nitrogens with one attached hydrogen (secondary N) is 1. The van der Waals surface area contributed by atoms with Crippen LogP contribution in [0.3, 0.4) is 0 Å². The number of anilines is 1. The summed E-state index contributed by atoms with van der Waals surface area (Å²) in [4.78, 5) is 33.9. The van der Waals surface area contributed by atoms with Crippen molar-refractivity contribution in [1.82, 2.24) is 14.5 Å². The number of carbonyl (C=O) groups excluding carboxylic acids is 1. The summed E-state index contributed by atoms with van der Waals surface area (Å²) in [6, 6.07) is 8.59. The Morgan fingerprint density at radius 1 is 1.11 bits per heavy atom. The van der Waals surface area contributed by atoms with Gasteiger partial charge in [-0.1, -0.05) is 68.9 Å². The van der Waals surface area contributed by atoms with E-state index in [9.17, 15) is 9.59 Å². The molecule has 1 atom stereocenters. The molecule has 6 nitrogen and oxygen atoms in total. The average Bonchev–Trinajstić information content (AvgIpc) is 2.87. The Labute approximate surface area is 221 Å². The van der Waals surface area contributed by atoms with Crippen molar-refractivity contribution >= 4 is 11.9 Å². The highest BCUT2D eigenvalue weighted by Crippen LogP contribution is 2.41. The van der Waals surface area contributed by atoms with E-state index in [2.05, 4.69) is 43.4 Å². The van der Waals surface area contributed by atoms with E-state index in [0.29, 0.717) is 37.8 Å². The molecule has 1 aromatic heterocycles. The molecule has 1 aromatic carbocycles. The first-order chi connectivity index (χ1) is 17.9. The molecule has 2 saturated carbocycles. The number of benzene rings is 1. The van der Waals surface area contributed by atoms with Crippen LogP contribution in [0, 0.1) is 24.7 Å². The summed E-state index contributed by atoms with van der Waals surface area (Å²) in [6.45, 7) is 5.50. The lowest BCUT2D eigenvalue weighted by molar-refractivity contribution is -0.132. The number of hydrogen-bond acceptors (Lipinski definition) is 4. The number of hydrogen-bond donors (Lipinski definition) is 1. The molecule has 200 valence electrons. The van der Waals surface area contributed by atoms with Crippen LogP contribution in [0.4, 0.5) is 5.95 Å². The smallest absolute Gasteiger partial charge is 0.259 e. The van der Waals surface area contributed by atoms with Crippen molar-refractivity contribution in [3.05, 3.63) is 57.0 Å². The van der Waals surface area contributed by atoms with Crippen LogP contribution in [0.2, 0.25) is 0 Å². The third kappa shape index (κ3) is 5.63. The number of nitrogens with zero attached hydrogens (tertiary/aromatic N) is 3. The minimum atomic E-state index is -0.00969. The van der Waals surface area contributed by atoms with Crippen LogP contribution in [-0.4, -0.2) is 34.0 Å². The molecule has 0 saturated heterocycles. The van der Waals surface area contributed by atoms with Gasteiger partial charge in [0.15, 0.2) is 0 Å². The van der Waals surface area contributed by atoms with E-state index in [0.717, 1.165) is 48.8 Å². The summed E-state index contributed by atoms with van der Waals surface area (Å²) in [7, 11) is 1.84. The van der Waals surface area contributed by atoms with Gasteiger partial charge in [-0.15, -0.1) is 0 Å². The first-order valence-electron chi connectivity index (χ1n) is 14.6. The fourth-order valence-corrected chi connectivity index (χ4v) is 6.62. The molecule has 1 unspecified atom stereocenters. The third-order valence-electron chi connectivity index (χ3n) is 9.27. The molecule has 1 N–H and O–H groups in total. The second kappa shape index (κ2) is 11.4. The number of aryl methyl sites for hydroxylation is 1. The largest absolute Gasteiger partial charge is 0.359 e. The molecule has 0 radical (unpaired) electrons. The Balaban J connectivity index is 1.32. The van der Waals surface area contributed by atoms with E-state index in [1.54, 1.807) is 0 Å². The number of rotatable bonds is 8. The molecular formula is C31H44N4O2. The normalized spacial score (nSPS) is 22.7. The van der Waals surface area contributed by atoms with Crippen molar-refractivity contribution < 1.29 is 4.79 Å². The predicted octanol–water partition coefficient (Wildman–Crippen LogP) is 5.86.